The third-order valence-corrected chi connectivity index (χ3v) is 2.82. The zero-order valence-electron chi connectivity index (χ0n) is 11.7. The first-order chi connectivity index (χ1) is 10.7. The molecule has 0 radical (unpaired) electrons. The van der Waals surface area contributed by atoms with Gasteiger partial charge in [-0.15, -0.1) is 0 Å². The minimum absolute atomic E-state index is 0.126. The van der Waals surface area contributed by atoms with Gasteiger partial charge in [0.1, 0.15) is 12.4 Å². The topological polar surface area (TPSA) is 83.1 Å². The Labute approximate surface area is 127 Å². The zero-order valence-corrected chi connectivity index (χ0v) is 11.7. The Kier molecular flexibility index (Phi) is 5.12. The molecule has 5 heteroatoms. The molecule has 0 aliphatic heterocycles. The summed E-state index contributed by atoms with van der Waals surface area (Å²) < 4.78 is 10.3. The zero-order chi connectivity index (χ0) is 15.8. The summed E-state index contributed by atoms with van der Waals surface area (Å²) in [7, 11) is 0. The van der Waals surface area contributed by atoms with Crippen molar-refractivity contribution in [1.29, 1.82) is 10.5 Å². The van der Waals surface area contributed by atoms with Crippen molar-refractivity contribution in [2.24, 2.45) is 0 Å². The average molecular weight is 292 g/mol. The Hall–Kier alpha value is -3.31. The van der Waals surface area contributed by atoms with E-state index in [0.717, 1.165) is 5.56 Å². The molecule has 0 saturated heterocycles. The number of nitrogens with zero attached hydrogens (tertiary/aromatic N) is 2. The molecule has 5 nitrogen and oxygen atoms in total. The van der Waals surface area contributed by atoms with Crippen molar-refractivity contribution in [1.82, 2.24) is 0 Å². The first kappa shape index (κ1) is 15.1. The second-order valence-electron chi connectivity index (χ2n) is 4.39. The van der Waals surface area contributed by atoms with Crippen LogP contribution in [0.15, 0.2) is 48.5 Å². The van der Waals surface area contributed by atoms with Crippen LogP contribution in [0.3, 0.4) is 0 Å². The predicted molar refractivity (Wildman–Crippen MR) is 77.6 cm³/mol. The molecule has 22 heavy (non-hydrogen) atoms. The predicted octanol–water partition coefficient (Wildman–Crippen LogP) is 2.55. The van der Waals surface area contributed by atoms with E-state index in [4.69, 9.17) is 20.0 Å². The first-order valence-corrected chi connectivity index (χ1v) is 6.49. The van der Waals surface area contributed by atoms with Crippen LogP contribution < -0.4 is 4.74 Å². The normalized spacial score (nSPS) is 9.36. The van der Waals surface area contributed by atoms with Crippen molar-refractivity contribution >= 4 is 5.97 Å². The molecular weight excluding hydrogens is 280 g/mol. The molecule has 0 amide bonds. The number of carbonyl (C=O) groups excluding carboxylic acids is 1. The highest BCUT2D eigenvalue weighted by molar-refractivity contribution is 5.71. The molecule has 2 rings (SSSR count). The van der Waals surface area contributed by atoms with E-state index in [0.29, 0.717) is 16.9 Å². The largest absolute Gasteiger partial charge is 0.482 e. The number of nitriles is 2. The fourth-order valence-electron chi connectivity index (χ4n) is 1.65. The quantitative estimate of drug-likeness (QED) is 0.791. The third kappa shape index (κ3) is 4.36. The highest BCUT2D eigenvalue weighted by Crippen LogP contribution is 2.11. The van der Waals surface area contributed by atoms with Gasteiger partial charge in [0.25, 0.3) is 0 Å². The number of hydrogen-bond donors (Lipinski definition) is 0. The first-order valence-electron chi connectivity index (χ1n) is 6.49. The van der Waals surface area contributed by atoms with Crippen molar-refractivity contribution in [3.8, 4) is 17.9 Å². The molecule has 0 saturated carbocycles. The maximum absolute atomic E-state index is 11.6. The molecule has 0 N–H and O–H groups in total. The number of ether oxygens (including phenoxy) is 2. The molecule has 0 heterocycles. The summed E-state index contributed by atoms with van der Waals surface area (Å²) in [6.07, 6.45) is 0. The molecule has 0 spiro atoms. The molecular formula is C17H12N2O3. The molecule has 0 aliphatic rings. The van der Waals surface area contributed by atoms with Crippen LogP contribution in [-0.4, -0.2) is 12.6 Å². The van der Waals surface area contributed by atoms with Gasteiger partial charge in [0.15, 0.2) is 6.61 Å². The summed E-state index contributed by atoms with van der Waals surface area (Å²) in [5, 5.41) is 17.4. The van der Waals surface area contributed by atoms with Crippen LogP contribution in [0.4, 0.5) is 0 Å². The number of carbonyl (C=O) groups is 1. The average Bonchev–Trinajstić information content (AvgIpc) is 2.59. The Balaban J connectivity index is 1.77. The molecule has 0 aromatic heterocycles. The number of hydrogen-bond acceptors (Lipinski definition) is 5. The lowest BCUT2D eigenvalue weighted by atomic mass is 10.2. The lowest BCUT2D eigenvalue weighted by Crippen LogP contribution is -2.14. The standard InChI is InChI=1S/C17H12N2O3/c18-9-13-1-3-15(4-2-13)11-22-17(20)12-21-16-7-5-14(10-19)6-8-16/h1-8H,11-12H2. The second-order valence-corrected chi connectivity index (χ2v) is 4.39. The van der Waals surface area contributed by atoms with Gasteiger partial charge in [-0.1, -0.05) is 12.1 Å². The van der Waals surface area contributed by atoms with Gasteiger partial charge in [-0.2, -0.15) is 10.5 Å². The van der Waals surface area contributed by atoms with E-state index in [9.17, 15) is 4.79 Å². The molecule has 0 unspecified atom stereocenters. The van der Waals surface area contributed by atoms with Crippen molar-refractivity contribution in [2.45, 2.75) is 6.61 Å². The summed E-state index contributed by atoms with van der Waals surface area (Å²) >= 11 is 0. The van der Waals surface area contributed by atoms with Gasteiger partial charge in [-0.3, -0.25) is 0 Å². The fourth-order valence-corrected chi connectivity index (χ4v) is 1.65. The minimum Gasteiger partial charge on any atom is -0.482 e. The number of rotatable bonds is 5. The van der Waals surface area contributed by atoms with Crippen molar-refractivity contribution in [3.63, 3.8) is 0 Å². The number of esters is 1. The lowest BCUT2D eigenvalue weighted by Gasteiger charge is -2.07. The van der Waals surface area contributed by atoms with Gasteiger partial charge in [-0.05, 0) is 42.0 Å². The van der Waals surface area contributed by atoms with Crippen LogP contribution in [0.25, 0.3) is 0 Å². The molecule has 0 fully saturated rings. The SMILES string of the molecule is N#Cc1ccc(COC(=O)COc2ccc(C#N)cc2)cc1. The molecule has 2 aromatic carbocycles. The minimum atomic E-state index is -0.492. The van der Waals surface area contributed by atoms with Crippen LogP contribution >= 0.6 is 0 Å². The van der Waals surface area contributed by atoms with Crippen LogP contribution in [0.2, 0.25) is 0 Å². The van der Waals surface area contributed by atoms with Crippen LogP contribution in [0, 0.1) is 22.7 Å². The molecule has 0 aliphatic carbocycles. The van der Waals surface area contributed by atoms with E-state index in [1.54, 1.807) is 48.5 Å². The van der Waals surface area contributed by atoms with E-state index >= 15 is 0 Å². The van der Waals surface area contributed by atoms with E-state index in [1.165, 1.54) is 0 Å². The summed E-state index contributed by atoms with van der Waals surface area (Å²) in [6, 6.07) is 17.3. The molecule has 2 aromatic rings. The Bertz CT molecular complexity index is 659. The van der Waals surface area contributed by atoms with Crippen molar-refractivity contribution in [2.75, 3.05) is 6.61 Å². The van der Waals surface area contributed by atoms with Crippen LogP contribution in [0.5, 0.6) is 5.75 Å². The van der Waals surface area contributed by atoms with E-state index in [2.05, 4.69) is 0 Å². The van der Waals surface area contributed by atoms with Gasteiger partial charge >= 0.3 is 5.97 Å². The van der Waals surface area contributed by atoms with Gasteiger partial charge in [-0.25, -0.2) is 4.79 Å². The van der Waals surface area contributed by atoms with Crippen LogP contribution in [0.1, 0.15) is 16.7 Å². The van der Waals surface area contributed by atoms with E-state index in [1.807, 2.05) is 12.1 Å². The highest BCUT2D eigenvalue weighted by atomic mass is 16.6. The summed E-state index contributed by atoms with van der Waals surface area (Å²) in [5.74, 6) is 0.00282. The fraction of sp³-hybridized carbons (Fsp3) is 0.118. The Morgan fingerprint density at radius 2 is 1.45 bits per heavy atom. The van der Waals surface area contributed by atoms with Crippen molar-refractivity contribution in [3.05, 3.63) is 65.2 Å². The van der Waals surface area contributed by atoms with E-state index < -0.39 is 5.97 Å². The second kappa shape index (κ2) is 7.47. The summed E-state index contributed by atoms with van der Waals surface area (Å²) in [4.78, 5) is 11.6. The monoisotopic (exact) mass is 292 g/mol. The lowest BCUT2D eigenvalue weighted by molar-refractivity contribution is -0.147. The van der Waals surface area contributed by atoms with Gasteiger partial charge < -0.3 is 9.47 Å². The third-order valence-electron chi connectivity index (χ3n) is 2.82. The summed E-state index contributed by atoms with van der Waals surface area (Å²) in [5.41, 5.74) is 1.88. The smallest absolute Gasteiger partial charge is 0.344 e. The van der Waals surface area contributed by atoms with Crippen molar-refractivity contribution < 1.29 is 14.3 Å². The van der Waals surface area contributed by atoms with Crippen LogP contribution in [-0.2, 0) is 16.1 Å². The van der Waals surface area contributed by atoms with Gasteiger partial charge in [0.05, 0.1) is 23.3 Å². The highest BCUT2D eigenvalue weighted by Gasteiger charge is 2.05. The Morgan fingerprint density at radius 3 is 2.00 bits per heavy atom. The summed E-state index contributed by atoms with van der Waals surface area (Å²) in [6.45, 7) is -0.0799. The molecule has 0 bridgehead atoms. The number of benzene rings is 2. The van der Waals surface area contributed by atoms with Gasteiger partial charge in [0.2, 0.25) is 0 Å². The maximum atomic E-state index is 11.6. The van der Waals surface area contributed by atoms with Gasteiger partial charge in [0, 0.05) is 0 Å². The maximum Gasteiger partial charge on any atom is 0.344 e. The van der Waals surface area contributed by atoms with E-state index in [-0.39, 0.29) is 13.2 Å². The Morgan fingerprint density at radius 1 is 0.909 bits per heavy atom. The molecule has 108 valence electrons. The molecule has 0 atom stereocenters.